The van der Waals surface area contributed by atoms with Crippen LogP contribution in [0.15, 0.2) is 29.2 Å². The number of alkyl halides is 1. The van der Waals surface area contributed by atoms with Gasteiger partial charge in [0.2, 0.25) is 10.0 Å². The van der Waals surface area contributed by atoms with Crippen molar-refractivity contribution >= 4 is 31.9 Å². The van der Waals surface area contributed by atoms with Crippen LogP contribution in [0.4, 0.5) is 0 Å². The third-order valence-corrected chi connectivity index (χ3v) is 6.10. The van der Waals surface area contributed by atoms with Crippen LogP contribution in [0.25, 0.3) is 0 Å². The standard InChI is InChI=1S/C13H16BrNO4S/c1-19-13(16)12(14)10-4-6-11(7-5-10)20(17,18)15-8-2-3-9-15/h4-7,12H,2-3,8-9H2,1H3. The lowest BCUT2D eigenvalue weighted by Gasteiger charge is -2.16. The fourth-order valence-corrected chi connectivity index (χ4v) is 4.14. The molecule has 1 aromatic carbocycles. The van der Waals surface area contributed by atoms with Gasteiger partial charge in [0.1, 0.15) is 4.83 Å². The molecule has 1 fully saturated rings. The lowest BCUT2D eigenvalue weighted by atomic mass is 10.1. The Labute approximate surface area is 127 Å². The molecule has 0 aliphatic carbocycles. The first kappa shape index (κ1) is 15.5. The van der Waals surface area contributed by atoms with Crippen LogP contribution < -0.4 is 0 Å². The number of sulfonamides is 1. The highest BCUT2D eigenvalue weighted by atomic mass is 79.9. The van der Waals surface area contributed by atoms with Crippen molar-refractivity contribution in [3.8, 4) is 0 Å². The van der Waals surface area contributed by atoms with E-state index in [2.05, 4.69) is 20.7 Å². The molecule has 0 spiro atoms. The average Bonchev–Trinajstić information content (AvgIpc) is 3.00. The molecule has 0 aromatic heterocycles. The molecule has 1 heterocycles. The molecule has 20 heavy (non-hydrogen) atoms. The number of methoxy groups -OCH3 is 1. The zero-order valence-corrected chi connectivity index (χ0v) is 13.5. The second-order valence-corrected chi connectivity index (χ2v) is 7.42. The normalized spacial score (nSPS) is 17.9. The van der Waals surface area contributed by atoms with Gasteiger partial charge in [0.05, 0.1) is 12.0 Å². The number of hydrogen-bond acceptors (Lipinski definition) is 4. The van der Waals surface area contributed by atoms with Gasteiger partial charge in [-0.1, -0.05) is 28.1 Å². The molecule has 1 aliphatic rings. The van der Waals surface area contributed by atoms with Crippen LogP contribution >= 0.6 is 15.9 Å². The molecule has 5 nitrogen and oxygen atoms in total. The zero-order valence-electron chi connectivity index (χ0n) is 11.1. The molecule has 0 saturated carbocycles. The third kappa shape index (κ3) is 3.05. The first-order valence-electron chi connectivity index (χ1n) is 6.29. The van der Waals surface area contributed by atoms with Gasteiger partial charge in [-0.15, -0.1) is 0 Å². The summed E-state index contributed by atoms with van der Waals surface area (Å²) in [5.41, 5.74) is 0.664. The van der Waals surface area contributed by atoms with Crippen molar-refractivity contribution in [3.63, 3.8) is 0 Å². The molecule has 110 valence electrons. The number of benzene rings is 1. The van der Waals surface area contributed by atoms with Gasteiger partial charge < -0.3 is 4.74 Å². The SMILES string of the molecule is COC(=O)C(Br)c1ccc(S(=O)(=O)N2CCCC2)cc1. The predicted octanol–water partition coefficient (Wildman–Crippen LogP) is 2.08. The van der Waals surface area contributed by atoms with Gasteiger partial charge in [0.25, 0.3) is 0 Å². The molecule has 1 atom stereocenters. The summed E-state index contributed by atoms with van der Waals surface area (Å²) in [6.45, 7) is 1.15. The van der Waals surface area contributed by atoms with Crippen molar-refractivity contribution in [2.45, 2.75) is 22.6 Å². The van der Waals surface area contributed by atoms with Gasteiger partial charge in [-0.05, 0) is 30.5 Å². The Morgan fingerprint density at radius 1 is 1.25 bits per heavy atom. The van der Waals surface area contributed by atoms with Crippen LogP contribution in [0.1, 0.15) is 23.2 Å². The monoisotopic (exact) mass is 361 g/mol. The number of rotatable bonds is 4. The molecule has 1 aliphatic heterocycles. The maximum Gasteiger partial charge on any atom is 0.323 e. The number of halogens is 1. The fraction of sp³-hybridized carbons (Fsp3) is 0.462. The van der Waals surface area contributed by atoms with Gasteiger partial charge in [-0.2, -0.15) is 4.31 Å². The van der Waals surface area contributed by atoms with Crippen LogP contribution in [-0.4, -0.2) is 38.9 Å². The quantitative estimate of drug-likeness (QED) is 0.608. The molecular formula is C13H16BrNO4S. The van der Waals surface area contributed by atoms with Crippen molar-refractivity contribution in [1.29, 1.82) is 0 Å². The Kier molecular flexibility index (Phi) is 4.82. The van der Waals surface area contributed by atoms with E-state index in [0.717, 1.165) is 12.8 Å². The largest absolute Gasteiger partial charge is 0.468 e. The molecule has 7 heteroatoms. The Morgan fingerprint density at radius 3 is 2.30 bits per heavy atom. The number of carbonyl (C=O) groups excluding carboxylic acids is 1. The Balaban J connectivity index is 2.22. The second kappa shape index (κ2) is 6.24. The van der Waals surface area contributed by atoms with Crippen molar-refractivity contribution in [2.75, 3.05) is 20.2 Å². The van der Waals surface area contributed by atoms with Crippen LogP contribution in [0, 0.1) is 0 Å². The Hall–Kier alpha value is -0.920. The molecule has 0 amide bonds. The Morgan fingerprint density at radius 2 is 1.80 bits per heavy atom. The zero-order chi connectivity index (χ0) is 14.8. The minimum atomic E-state index is -3.41. The van der Waals surface area contributed by atoms with Crippen LogP contribution in [0.5, 0.6) is 0 Å². The van der Waals surface area contributed by atoms with Gasteiger partial charge in [-0.3, -0.25) is 4.79 Å². The number of carbonyl (C=O) groups is 1. The number of nitrogens with zero attached hydrogens (tertiary/aromatic N) is 1. The van der Waals surface area contributed by atoms with Crippen LogP contribution in [0.2, 0.25) is 0 Å². The van der Waals surface area contributed by atoms with Crippen molar-refractivity contribution in [1.82, 2.24) is 4.31 Å². The van der Waals surface area contributed by atoms with E-state index < -0.39 is 20.8 Å². The smallest absolute Gasteiger partial charge is 0.323 e. The molecule has 1 saturated heterocycles. The van der Waals surface area contributed by atoms with Crippen molar-refractivity contribution in [2.24, 2.45) is 0 Å². The van der Waals surface area contributed by atoms with E-state index in [-0.39, 0.29) is 4.90 Å². The minimum absolute atomic E-state index is 0.257. The summed E-state index contributed by atoms with van der Waals surface area (Å²) in [6, 6.07) is 6.30. The highest BCUT2D eigenvalue weighted by Gasteiger charge is 2.27. The topological polar surface area (TPSA) is 63.7 Å². The summed E-state index contributed by atoms with van der Waals surface area (Å²) in [5, 5.41) is 0. The lowest BCUT2D eigenvalue weighted by molar-refractivity contribution is -0.139. The van der Waals surface area contributed by atoms with Gasteiger partial charge in [-0.25, -0.2) is 8.42 Å². The molecule has 1 unspecified atom stereocenters. The van der Waals surface area contributed by atoms with Crippen molar-refractivity contribution in [3.05, 3.63) is 29.8 Å². The second-order valence-electron chi connectivity index (χ2n) is 4.57. The molecule has 0 N–H and O–H groups in total. The first-order chi connectivity index (χ1) is 9.46. The average molecular weight is 362 g/mol. The molecule has 0 bridgehead atoms. The molecule has 2 rings (SSSR count). The van der Waals surface area contributed by atoms with Crippen LogP contribution in [0.3, 0.4) is 0 Å². The summed E-state index contributed by atoms with van der Waals surface area (Å²) in [6.07, 6.45) is 1.81. The van der Waals surface area contributed by atoms with E-state index in [1.807, 2.05) is 0 Å². The van der Waals surface area contributed by atoms with E-state index >= 15 is 0 Å². The number of hydrogen-bond donors (Lipinski definition) is 0. The maximum absolute atomic E-state index is 12.3. The van der Waals surface area contributed by atoms with E-state index in [1.54, 1.807) is 12.1 Å². The minimum Gasteiger partial charge on any atom is -0.468 e. The summed E-state index contributed by atoms with van der Waals surface area (Å²) in [4.78, 5) is 11.1. The molecule has 1 aromatic rings. The van der Waals surface area contributed by atoms with E-state index in [0.29, 0.717) is 18.7 Å². The highest BCUT2D eigenvalue weighted by Crippen LogP contribution is 2.27. The van der Waals surface area contributed by atoms with Crippen molar-refractivity contribution < 1.29 is 17.9 Å². The van der Waals surface area contributed by atoms with Gasteiger partial charge in [0.15, 0.2) is 0 Å². The van der Waals surface area contributed by atoms with Gasteiger partial charge in [0, 0.05) is 13.1 Å². The summed E-state index contributed by atoms with van der Waals surface area (Å²) in [7, 11) is -2.10. The van der Waals surface area contributed by atoms with Gasteiger partial charge >= 0.3 is 5.97 Å². The Bertz CT molecular complexity index is 579. The molecule has 0 radical (unpaired) electrons. The number of ether oxygens (including phenoxy) is 1. The van der Waals surface area contributed by atoms with E-state index in [4.69, 9.17) is 0 Å². The van der Waals surface area contributed by atoms with Crippen LogP contribution in [-0.2, 0) is 19.6 Å². The summed E-state index contributed by atoms with van der Waals surface area (Å²) >= 11 is 3.22. The third-order valence-electron chi connectivity index (χ3n) is 3.28. The summed E-state index contributed by atoms with van der Waals surface area (Å²) < 4.78 is 30.8. The fourth-order valence-electron chi connectivity index (χ4n) is 2.13. The van der Waals surface area contributed by atoms with E-state index in [1.165, 1.54) is 23.5 Å². The lowest BCUT2D eigenvalue weighted by Crippen LogP contribution is -2.27. The highest BCUT2D eigenvalue weighted by molar-refractivity contribution is 9.09. The number of esters is 1. The van der Waals surface area contributed by atoms with E-state index in [9.17, 15) is 13.2 Å². The molecular weight excluding hydrogens is 346 g/mol. The predicted molar refractivity (Wildman–Crippen MR) is 78.1 cm³/mol. The summed E-state index contributed by atoms with van der Waals surface area (Å²) in [5.74, 6) is -0.417. The first-order valence-corrected chi connectivity index (χ1v) is 8.64. The maximum atomic E-state index is 12.3.